The van der Waals surface area contributed by atoms with Crippen molar-refractivity contribution in [2.45, 2.75) is 18.6 Å². The molecule has 0 aliphatic carbocycles. The Morgan fingerprint density at radius 1 is 0.947 bits per heavy atom. The van der Waals surface area contributed by atoms with E-state index < -0.39 is 12.2 Å². The molecule has 0 spiro atoms. The summed E-state index contributed by atoms with van der Waals surface area (Å²) in [7, 11) is 0. The fraction of sp³-hybridized carbons (Fsp3) is 0.200. The first-order valence-electron chi connectivity index (χ1n) is 6.09. The second-order valence-electron chi connectivity index (χ2n) is 4.69. The highest BCUT2D eigenvalue weighted by molar-refractivity contribution is 5.43. The van der Waals surface area contributed by atoms with Crippen LogP contribution < -0.4 is 4.74 Å². The molecule has 3 rings (SSSR count). The Kier molecular flexibility index (Phi) is 2.80. The highest BCUT2D eigenvalue weighted by Crippen LogP contribution is 2.37. The van der Waals surface area contributed by atoms with E-state index in [9.17, 15) is 15.3 Å². The Morgan fingerprint density at radius 2 is 1.63 bits per heavy atom. The zero-order valence-corrected chi connectivity index (χ0v) is 10.2. The van der Waals surface area contributed by atoms with E-state index in [4.69, 9.17) is 4.74 Å². The molecule has 0 saturated carbocycles. The van der Waals surface area contributed by atoms with Crippen molar-refractivity contribution >= 4 is 0 Å². The van der Waals surface area contributed by atoms with E-state index >= 15 is 0 Å². The lowest BCUT2D eigenvalue weighted by atomic mass is 9.94. The van der Waals surface area contributed by atoms with Gasteiger partial charge in [-0.15, -0.1) is 0 Å². The molecule has 1 aliphatic rings. The second-order valence-corrected chi connectivity index (χ2v) is 4.69. The van der Waals surface area contributed by atoms with Crippen LogP contribution in [0.15, 0.2) is 42.5 Å². The summed E-state index contributed by atoms with van der Waals surface area (Å²) in [5.74, 6) is 0.898. The van der Waals surface area contributed by atoms with Crippen LogP contribution in [-0.2, 0) is 6.42 Å². The summed E-state index contributed by atoms with van der Waals surface area (Å²) in [5, 5.41) is 28.9. The molecule has 1 heterocycles. The van der Waals surface area contributed by atoms with E-state index in [1.54, 1.807) is 42.5 Å². The van der Waals surface area contributed by atoms with Crippen molar-refractivity contribution in [1.29, 1.82) is 0 Å². The van der Waals surface area contributed by atoms with E-state index in [2.05, 4.69) is 0 Å². The van der Waals surface area contributed by atoms with Crippen LogP contribution in [0.5, 0.6) is 17.2 Å². The monoisotopic (exact) mass is 258 g/mol. The fourth-order valence-electron chi connectivity index (χ4n) is 2.32. The third kappa shape index (κ3) is 2.22. The van der Waals surface area contributed by atoms with Crippen molar-refractivity contribution < 1.29 is 20.1 Å². The average Bonchev–Trinajstić information content (AvgIpc) is 2.40. The minimum atomic E-state index is -0.651. The second kappa shape index (κ2) is 4.48. The molecule has 98 valence electrons. The van der Waals surface area contributed by atoms with Crippen LogP contribution in [-0.4, -0.2) is 21.4 Å². The van der Waals surface area contributed by atoms with E-state index in [1.807, 2.05) is 0 Å². The number of ether oxygens (including phenoxy) is 1. The number of aliphatic hydroxyl groups excluding tert-OH is 1. The number of hydrogen-bond donors (Lipinski definition) is 3. The SMILES string of the molecule is Oc1ccc([C@@H]2Oc3cc(O)ccc3C[C@@H]2O)cc1. The van der Waals surface area contributed by atoms with Gasteiger partial charge in [0.2, 0.25) is 0 Å². The number of phenolic OH excluding ortho intramolecular Hbond substituents is 2. The zero-order valence-electron chi connectivity index (χ0n) is 10.2. The molecule has 4 nitrogen and oxygen atoms in total. The zero-order chi connectivity index (χ0) is 13.4. The molecule has 0 saturated heterocycles. The molecule has 0 fully saturated rings. The molecular formula is C15H14O4. The standard InChI is InChI=1S/C15H14O4/c16-11-4-1-9(2-5-11)15-13(18)7-10-3-6-12(17)8-14(10)19-15/h1-6,8,13,15-18H,7H2/t13-,15-/m0/s1. The van der Waals surface area contributed by atoms with Crippen LogP contribution in [0, 0.1) is 0 Å². The minimum Gasteiger partial charge on any atom is -0.508 e. The lowest BCUT2D eigenvalue weighted by Crippen LogP contribution is -2.30. The summed E-state index contributed by atoms with van der Waals surface area (Å²) < 4.78 is 5.76. The van der Waals surface area contributed by atoms with Crippen molar-refractivity contribution in [2.24, 2.45) is 0 Å². The van der Waals surface area contributed by atoms with Gasteiger partial charge in [0.15, 0.2) is 0 Å². The first kappa shape index (κ1) is 11.9. The number of hydrogen-bond acceptors (Lipinski definition) is 4. The Morgan fingerprint density at radius 3 is 2.37 bits per heavy atom. The molecule has 2 aromatic rings. The van der Waals surface area contributed by atoms with Crippen molar-refractivity contribution in [2.75, 3.05) is 0 Å². The topological polar surface area (TPSA) is 69.9 Å². The molecular weight excluding hydrogens is 244 g/mol. The van der Waals surface area contributed by atoms with Crippen LogP contribution in [0.4, 0.5) is 0 Å². The van der Waals surface area contributed by atoms with Gasteiger partial charge in [-0.1, -0.05) is 18.2 Å². The average molecular weight is 258 g/mol. The highest BCUT2D eigenvalue weighted by atomic mass is 16.5. The van der Waals surface area contributed by atoms with Gasteiger partial charge in [0.1, 0.15) is 23.4 Å². The molecule has 3 N–H and O–H groups in total. The van der Waals surface area contributed by atoms with Crippen molar-refractivity contribution in [3.63, 3.8) is 0 Å². The Hall–Kier alpha value is -2.20. The van der Waals surface area contributed by atoms with Gasteiger partial charge in [-0.3, -0.25) is 0 Å². The minimum absolute atomic E-state index is 0.139. The van der Waals surface area contributed by atoms with Crippen molar-refractivity contribution in [1.82, 2.24) is 0 Å². The van der Waals surface area contributed by atoms with Crippen LogP contribution in [0.1, 0.15) is 17.2 Å². The van der Waals surface area contributed by atoms with E-state index in [0.29, 0.717) is 12.2 Å². The predicted octanol–water partition coefficient (Wildman–Crippen LogP) is 2.13. The molecule has 0 aromatic heterocycles. The first-order chi connectivity index (χ1) is 9.13. The maximum Gasteiger partial charge on any atom is 0.150 e. The third-order valence-electron chi connectivity index (χ3n) is 3.30. The summed E-state index contributed by atoms with van der Waals surface area (Å²) in [6, 6.07) is 11.4. The molecule has 0 bridgehead atoms. The summed E-state index contributed by atoms with van der Waals surface area (Å²) in [5.41, 5.74) is 1.67. The van der Waals surface area contributed by atoms with Gasteiger partial charge in [-0.25, -0.2) is 0 Å². The molecule has 0 radical (unpaired) electrons. The smallest absolute Gasteiger partial charge is 0.150 e. The summed E-state index contributed by atoms with van der Waals surface area (Å²) in [6.07, 6.45) is -0.669. The molecule has 4 heteroatoms. The van der Waals surface area contributed by atoms with Gasteiger partial charge in [-0.2, -0.15) is 0 Å². The molecule has 0 amide bonds. The van der Waals surface area contributed by atoms with E-state index in [-0.39, 0.29) is 11.5 Å². The van der Waals surface area contributed by atoms with Crippen LogP contribution >= 0.6 is 0 Å². The maximum atomic E-state index is 10.2. The molecule has 0 unspecified atom stereocenters. The number of phenols is 2. The first-order valence-corrected chi connectivity index (χ1v) is 6.09. The summed E-state index contributed by atoms with van der Waals surface area (Å²) in [6.45, 7) is 0. The number of fused-ring (bicyclic) bond motifs is 1. The van der Waals surface area contributed by atoms with Gasteiger partial charge >= 0.3 is 0 Å². The maximum absolute atomic E-state index is 10.2. The van der Waals surface area contributed by atoms with E-state index in [0.717, 1.165) is 11.1 Å². The quantitative estimate of drug-likeness (QED) is 0.733. The third-order valence-corrected chi connectivity index (χ3v) is 3.30. The van der Waals surface area contributed by atoms with Gasteiger partial charge in [0, 0.05) is 12.5 Å². The van der Waals surface area contributed by atoms with Crippen molar-refractivity contribution in [3.8, 4) is 17.2 Å². The van der Waals surface area contributed by atoms with Crippen LogP contribution in [0.2, 0.25) is 0 Å². The molecule has 2 atom stereocenters. The number of rotatable bonds is 1. The largest absolute Gasteiger partial charge is 0.508 e. The summed E-state index contributed by atoms with van der Waals surface area (Å²) >= 11 is 0. The van der Waals surface area contributed by atoms with Crippen LogP contribution in [0.25, 0.3) is 0 Å². The predicted molar refractivity (Wildman–Crippen MR) is 69.3 cm³/mol. The number of benzene rings is 2. The number of aromatic hydroxyl groups is 2. The van der Waals surface area contributed by atoms with Crippen molar-refractivity contribution in [3.05, 3.63) is 53.6 Å². The lowest BCUT2D eigenvalue weighted by Gasteiger charge is -2.31. The lowest BCUT2D eigenvalue weighted by molar-refractivity contribution is 0.0206. The molecule has 1 aliphatic heterocycles. The highest BCUT2D eigenvalue weighted by Gasteiger charge is 2.29. The molecule has 2 aromatic carbocycles. The normalized spacial score (nSPS) is 21.5. The van der Waals surface area contributed by atoms with Crippen LogP contribution in [0.3, 0.4) is 0 Å². The summed E-state index contributed by atoms with van der Waals surface area (Å²) in [4.78, 5) is 0. The van der Waals surface area contributed by atoms with E-state index in [1.165, 1.54) is 0 Å². The Balaban J connectivity index is 1.94. The van der Waals surface area contributed by atoms with Gasteiger partial charge < -0.3 is 20.1 Å². The van der Waals surface area contributed by atoms with Gasteiger partial charge in [0.05, 0.1) is 6.10 Å². The Bertz CT molecular complexity index is 592. The molecule has 19 heavy (non-hydrogen) atoms. The van der Waals surface area contributed by atoms with Gasteiger partial charge in [-0.05, 0) is 29.3 Å². The Labute approximate surface area is 110 Å². The number of aliphatic hydroxyl groups is 1. The van der Waals surface area contributed by atoms with Gasteiger partial charge in [0.25, 0.3) is 0 Å². The fourth-order valence-corrected chi connectivity index (χ4v) is 2.32.